The normalized spacial score (nSPS) is 12.9. The van der Waals surface area contributed by atoms with Crippen molar-refractivity contribution in [3.63, 3.8) is 0 Å². The van der Waals surface area contributed by atoms with Gasteiger partial charge < -0.3 is 9.47 Å². The van der Waals surface area contributed by atoms with E-state index in [9.17, 15) is 0 Å². The van der Waals surface area contributed by atoms with Crippen LogP contribution in [0.4, 0.5) is 17.1 Å². The molecule has 0 fully saturated rings. The molecule has 0 saturated carbocycles. The first-order valence-electron chi connectivity index (χ1n) is 18.4. The fraction of sp³-hybridized carbons (Fsp3) is 0.0588. The zero-order valence-corrected chi connectivity index (χ0v) is 29.9. The highest BCUT2D eigenvalue weighted by Gasteiger charge is 2.35. The van der Waals surface area contributed by atoms with Crippen LogP contribution in [-0.2, 0) is 5.41 Å². The van der Waals surface area contributed by atoms with E-state index in [1.165, 1.54) is 66.3 Å². The van der Waals surface area contributed by atoms with Crippen molar-refractivity contribution in [3.05, 3.63) is 205 Å². The van der Waals surface area contributed by atoms with Crippen LogP contribution in [0.1, 0.15) is 25.0 Å². The van der Waals surface area contributed by atoms with Crippen LogP contribution in [-0.4, -0.2) is 4.57 Å². The second-order valence-corrected chi connectivity index (χ2v) is 14.6. The van der Waals surface area contributed by atoms with E-state index in [1.54, 1.807) is 0 Å². The van der Waals surface area contributed by atoms with E-state index in [-0.39, 0.29) is 5.41 Å². The molecule has 2 heteroatoms. The van der Waals surface area contributed by atoms with Crippen molar-refractivity contribution in [2.75, 3.05) is 4.90 Å². The molecule has 1 heterocycles. The topological polar surface area (TPSA) is 8.17 Å². The van der Waals surface area contributed by atoms with Crippen molar-refractivity contribution >= 4 is 38.9 Å². The number of benzene rings is 8. The molecule has 0 aliphatic heterocycles. The van der Waals surface area contributed by atoms with Gasteiger partial charge >= 0.3 is 0 Å². The minimum atomic E-state index is -0.0174. The Morgan fingerprint density at radius 2 is 0.887 bits per heavy atom. The second-order valence-electron chi connectivity index (χ2n) is 14.6. The Hall–Kier alpha value is -6.64. The Balaban J connectivity index is 0.998. The first kappa shape index (κ1) is 31.1. The first-order valence-corrected chi connectivity index (χ1v) is 18.4. The molecule has 0 amide bonds. The maximum atomic E-state index is 2.40. The number of rotatable bonds is 6. The Morgan fingerprint density at radius 1 is 0.377 bits per heavy atom. The van der Waals surface area contributed by atoms with Crippen LogP contribution in [0.25, 0.3) is 60.9 Å². The lowest BCUT2D eigenvalue weighted by Crippen LogP contribution is -2.14. The standard InChI is InChI=1S/C51H38N2/c1-51(2)47-19-11-9-17-43(47)44-31-25-38(34-48(44)51)36-23-29-42(30-24-36)53-49-20-12-10-18-45(49)46-33-37(26-32-50(46)53)35-21-27-41(28-22-35)52(39-13-5-3-6-14-39)40-15-7-4-8-16-40/h3-34H,1-2H3. The lowest BCUT2D eigenvalue weighted by atomic mass is 9.81. The largest absolute Gasteiger partial charge is 0.311 e. The van der Waals surface area contributed by atoms with E-state index in [0.717, 1.165) is 22.7 Å². The van der Waals surface area contributed by atoms with Gasteiger partial charge in [0, 0.05) is 38.9 Å². The molecule has 0 spiro atoms. The molecular weight excluding hydrogens is 641 g/mol. The third-order valence-corrected chi connectivity index (χ3v) is 11.2. The van der Waals surface area contributed by atoms with Crippen molar-refractivity contribution in [1.29, 1.82) is 0 Å². The van der Waals surface area contributed by atoms with Gasteiger partial charge in [-0.15, -0.1) is 0 Å². The van der Waals surface area contributed by atoms with Crippen molar-refractivity contribution in [1.82, 2.24) is 4.57 Å². The quantitative estimate of drug-likeness (QED) is 0.170. The average molecular weight is 679 g/mol. The van der Waals surface area contributed by atoms with Crippen molar-refractivity contribution in [3.8, 4) is 39.1 Å². The van der Waals surface area contributed by atoms with Crippen LogP contribution in [0.2, 0.25) is 0 Å². The van der Waals surface area contributed by atoms with Gasteiger partial charge in [0.25, 0.3) is 0 Å². The Morgan fingerprint density at radius 3 is 1.60 bits per heavy atom. The molecule has 0 N–H and O–H groups in total. The summed E-state index contributed by atoms with van der Waals surface area (Å²) in [5, 5.41) is 2.51. The van der Waals surface area contributed by atoms with E-state index in [2.05, 4.69) is 217 Å². The number of aromatic nitrogens is 1. The van der Waals surface area contributed by atoms with Crippen molar-refractivity contribution < 1.29 is 0 Å². The molecule has 0 bridgehead atoms. The minimum Gasteiger partial charge on any atom is -0.311 e. The van der Waals surface area contributed by atoms with E-state index >= 15 is 0 Å². The number of anilines is 3. The van der Waals surface area contributed by atoms with Crippen molar-refractivity contribution in [2.24, 2.45) is 0 Å². The summed E-state index contributed by atoms with van der Waals surface area (Å²) in [6.07, 6.45) is 0. The maximum Gasteiger partial charge on any atom is 0.0541 e. The van der Waals surface area contributed by atoms with Crippen LogP contribution < -0.4 is 4.90 Å². The van der Waals surface area contributed by atoms with Gasteiger partial charge in [-0.05, 0) is 117 Å². The van der Waals surface area contributed by atoms with Gasteiger partial charge in [0.15, 0.2) is 0 Å². The summed E-state index contributed by atoms with van der Waals surface area (Å²) in [6, 6.07) is 70.7. The second kappa shape index (κ2) is 12.3. The first-order chi connectivity index (χ1) is 26.0. The summed E-state index contributed by atoms with van der Waals surface area (Å²) in [5.41, 5.74) is 17.4. The molecule has 0 radical (unpaired) electrons. The number of fused-ring (bicyclic) bond motifs is 6. The predicted molar refractivity (Wildman–Crippen MR) is 224 cm³/mol. The molecule has 10 rings (SSSR count). The monoisotopic (exact) mass is 678 g/mol. The summed E-state index contributed by atoms with van der Waals surface area (Å²) >= 11 is 0. The molecule has 0 atom stereocenters. The molecule has 252 valence electrons. The highest BCUT2D eigenvalue weighted by Crippen LogP contribution is 2.49. The number of nitrogens with zero attached hydrogens (tertiary/aromatic N) is 2. The van der Waals surface area contributed by atoms with Crippen LogP contribution in [0.15, 0.2) is 194 Å². The molecule has 8 aromatic carbocycles. The molecule has 9 aromatic rings. The zero-order chi connectivity index (χ0) is 35.5. The van der Waals surface area contributed by atoms with Crippen LogP contribution >= 0.6 is 0 Å². The van der Waals surface area contributed by atoms with E-state index < -0.39 is 0 Å². The number of para-hydroxylation sites is 3. The minimum absolute atomic E-state index is 0.0174. The number of hydrogen-bond donors (Lipinski definition) is 0. The van der Waals surface area contributed by atoms with Crippen LogP contribution in [0, 0.1) is 0 Å². The lowest BCUT2D eigenvalue weighted by Gasteiger charge is -2.25. The average Bonchev–Trinajstić information content (AvgIpc) is 3.67. The van der Waals surface area contributed by atoms with E-state index in [4.69, 9.17) is 0 Å². The number of hydrogen-bond acceptors (Lipinski definition) is 1. The fourth-order valence-corrected chi connectivity index (χ4v) is 8.52. The van der Waals surface area contributed by atoms with Gasteiger partial charge in [-0.1, -0.05) is 135 Å². The smallest absolute Gasteiger partial charge is 0.0541 e. The Labute approximate surface area is 310 Å². The fourth-order valence-electron chi connectivity index (χ4n) is 8.52. The highest BCUT2D eigenvalue weighted by molar-refractivity contribution is 6.10. The molecule has 1 aliphatic rings. The Bertz CT molecular complexity index is 2730. The lowest BCUT2D eigenvalue weighted by molar-refractivity contribution is 0.660. The van der Waals surface area contributed by atoms with Gasteiger partial charge in [0.2, 0.25) is 0 Å². The van der Waals surface area contributed by atoms with Crippen LogP contribution in [0.3, 0.4) is 0 Å². The highest BCUT2D eigenvalue weighted by atomic mass is 15.1. The predicted octanol–water partition coefficient (Wildman–Crippen LogP) is 13.9. The van der Waals surface area contributed by atoms with E-state index in [0.29, 0.717) is 0 Å². The molecule has 1 aromatic heterocycles. The zero-order valence-electron chi connectivity index (χ0n) is 29.9. The van der Waals surface area contributed by atoms with Gasteiger partial charge in [-0.2, -0.15) is 0 Å². The third-order valence-electron chi connectivity index (χ3n) is 11.2. The van der Waals surface area contributed by atoms with Gasteiger partial charge in [0.05, 0.1) is 11.0 Å². The molecular formula is C51H38N2. The SMILES string of the molecule is CC1(C)c2ccccc2-c2ccc(-c3ccc(-n4c5ccccc5c5cc(-c6ccc(N(c7ccccc7)c7ccccc7)cc6)ccc54)cc3)cc21. The summed E-state index contributed by atoms with van der Waals surface area (Å²) in [6.45, 7) is 4.69. The maximum absolute atomic E-state index is 2.40. The summed E-state index contributed by atoms with van der Waals surface area (Å²) in [7, 11) is 0. The summed E-state index contributed by atoms with van der Waals surface area (Å²) < 4.78 is 2.40. The van der Waals surface area contributed by atoms with Crippen molar-refractivity contribution in [2.45, 2.75) is 19.3 Å². The molecule has 0 unspecified atom stereocenters. The molecule has 2 nitrogen and oxygen atoms in total. The van der Waals surface area contributed by atoms with Gasteiger partial charge in [-0.25, -0.2) is 0 Å². The molecule has 53 heavy (non-hydrogen) atoms. The molecule has 0 saturated heterocycles. The van der Waals surface area contributed by atoms with E-state index in [1.807, 2.05) is 0 Å². The third kappa shape index (κ3) is 5.10. The Kier molecular flexibility index (Phi) is 7.19. The molecule has 1 aliphatic carbocycles. The summed E-state index contributed by atoms with van der Waals surface area (Å²) in [5.74, 6) is 0. The van der Waals surface area contributed by atoms with Gasteiger partial charge in [0.1, 0.15) is 0 Å². The van der Waals surface area contributed by atoms with Crippen LogP contribution in [0.5, 0.6) is 0 Å². The van der Waals surface area contributed by atoms with Gasteiger partial charge in [-0.3, -0.25) is 0 Å². The summed E-state index contributed by atoms with van der Waals surface area (Å²) in [4.78, 5) is 2.30.